The SMILES string of the molecule is CCC(CC)C(=O)N1CCC(n2cc(C(=O)O)cn2)CC1. The Hall–Kier alpha value is -1.85. The van der Waals surface area contributed by atoms with Crippen LogP contribution in [0.5, 0.6) is 0 Å². The lowest BCUT2D eigenvalue weighted by molar-refractivity contribution is -0.137. The predicted octanol–water partition coefficient (Wildman–Crippen LogP) is 2.18. The Balaban J connectivity index is 1.93. The van der Waals surface area contributed by atoms with Gasteiger partial charge in [0, 0.05) is 25.2 Å². The fraction of sp³-hybridized carbons (Fsp3) is 0.667. The van der Waals surface area contributed by atoms with Crippen LogP contribution in [0.4, 0.5) is 0 Å². The largest absolute Gasteiger partial charge is 0.478 e. The van der Waals surface area contributed by atoms with E-state index >= 15 is 0 Å². The molecule has 21 heavy (non-hydrogen) atoms. The Labute approximate surface area is 124 Å². The summed E-state index contributed by atoms with van der Waals surface area (Å²) in [7, 11) is 0. The third kappa shape index (κ3) is 3.43. The van der Waals surface area contributed by atoms with Crippen molar-refractivity contribution in [1.29, 1.82) is 0 Å². The summed E-state index contributed by atoms with van der Waals surface area (Å²) in [5, 5.41) is 13.1. The van der Waals surface area contributed by atoms with Gasteiger partial charge in [0.2, 0.25) is 5.91 Å². The van der Waals surface area contributed by atoms with Gasteiger partial charge >= 0.3 is 5.97 Å². The average molecular weight is 293 g/mol. The lowest BCUT2D eigenvalue weighted by Gasteiger charge is -2.34. The van der Waals surface area contributed by atoms with Gasteiger partial charge in [-0.05, 0) is 25.7 Å². The summed E-state index contributed by atoms with van der Waals surface area (Å²) in [4.78, 5) is 25.1. The maximum Gasteiger partial charge on any atom is 0.338 e. The zero-order valence-corrected chi connectivity index (χ0v) is 12.7. The summed E-state index contributed by atoms with van der Waals surface area (Å²) >= 11 is 0. The number of carbonyl (C=O) groups excluding carboxylic acids is 1. The number of hydrogen-bond acceptors (Lipinski definition) is 3. The molecule has 6 heteroatoms. The summed E-state index contributed by atoms with van der Waals surface area (Å²) in [5.41, 5.74) is 0.213. The molecule has 0 spiro atoms. The van der Waals surface area contributed by atoms with Crippen molar-refractivity contribution >= 4 is 11.9 Å². The van der Waals surface area contributed by atoms with E-state index in [-0.39, 0.29) is 23.4 Å². The number of likely N-dealkylation sites (tertiary alicyclic amines) is 1. The molecule has 116 valence electrons. The molecule has 1 saturated heterocycles. The van der Waals surface area contributed by atoms with E-state index in [1.54, 1.807) is 10.9 Å². The molecule has 1 amide bonds. The second kappa shape index (κ2) is 6.74. The van der Waals surface area contributed by atoms with Crippen LogP contribution in [-0.4, -0.2) is 44.8 Å². The molecule has 0 atom stereocenters. The van der Waals surface area contributed by atoms with Gasteiger partial charge < -0.3 is 10.0 Å². The highest BCUT2D eigenvalue weighted by molar-refractivity contribution is 5.86. The number of rotatable bonds is 5. The van der Waals surface area contributed by atoms with Crippen molar-refractivity contribution in [3.63, 3.8) is 0 Å². The number of aromatic nitrogens is 2. The summed E-state index contributed by atoms with van der Waals surface area (Å²) < 4.78 is 1.72. The third-order valence-corrected chi connectivity index (χ3v) is 4.33. The first-order chi connectivity index (χ1) is 10.1. The molecule has 0 unspecified atom stereocenters. The van der Waals surface area contributed by atoms with Gasteiger partial charge in [-0.3, -0.25) is 9.48 Å². The number of hydrogen-bond donors (Lipinski definition) is 1. The minimum Gasteiger partial charge on any atom is -0.478 e. The number of carboxylic acids is 1. The molecule has 0 radical (unpaired) electrons. The Morgan fingerprint density at radius 2 is 1.95 bits per heavy atom. The number of carbonyl (C=O) groups is 2. The number of nitrogens with zero attached hydrogens (tertiary/aromatic N) is 3. The zero-order chi connectivity index (χ0) is 15.4. The van der Waals surface area contributed by atoms with Crippen molar-refractivity contribution in [1.82, 2.24) is 14.7 Å². The number of carboxylic acid groups (broad SMARTS) is 1. The Morgan fingerprint density at radius 1 is 1.33 bits per heavy atom. The van der Waals surface area contributed by atoms with Crippen molar-refractivity contribution in [3.05, 3.63) is 18.0 Å². The fourth-order valence-electron chi connectivity index (χ4n) is 2.90. The van der Waals surface area contributed by atoms with Gasteiger partial charge in [0.25, 0.3) is 0 Å². The quantitative estimate of drug-likeness (QED) is 0.903. The second-order valence-corrected chi connectivity index (χ2v) is 5.58. The van der Waals surface area contributed by atoms with Gasteiger partial charge in [-0.2, -0.15) is 5.10 Å². The Morgan fingerprint density at radius 3 is 2.43 bits per heavy atom. The normalized spacial score (nSPS) is 16.4. The molecule has 2 rings (SSSR count). The molecule has 0 saturated carbocycles. The van der Waals surface area contributed by atoms with Crippen LogP contribution in [0.1, 0.15) is 55.9 Å². The summed E-state index contributed by atoms with van der Waals surface area (Å²) in [6.45, 7) is 5.55. The van der Waals surface area contributed by atoms with E-state index in [2.05, 4.69) is 18.9 Å². The second-order valence-electron chi connectivity index (χ2n) is 5.58. The maximum atomic E-state index is 12.3. The van der Waals surface area contributed by atoms with Crippen molar-refractivity contribution in [2.24, 2.45) is 5.92 Å². The topological polar surface area (TPSA) is 75.4 Å². The van der Waals surface area contributed by atoms with E-state index in [0.717, 1.165) is 38.8 Å². The lowest BCUT2D eigenvalue weighted by Crippen LogP contribution is -2.42. The molecule has 0 bridgehead atoms. The number of aromatic carboxylic acids is 1. The van der Waals surface area contributed by atoms with Gasteiger partial charge in [0.05, 0.1) is 17.8 Å². The van der Waals surface area contributed by atoms with E-state index in [0.29, 0.717) is 0 Å². The first kappa shape index (κ1) is 15.5. The van der Waals surface area contributed by atoms with Crippen LogP contribution >= 0.6 is 0 Å². The molecule has 1 N–H and O–H groups in total. The van der Waals surface area contributed by atoms with Crippen LogP contribution in [0.15, 0.2) is 12.4 Å². The highest BCUT2D eigenvalue weighted by Crippen LogP contribution is 2.24. The maximum absolute atomic E-state index is 12.3. The van der Waals surface area contributed by atoms with Crippen LogP contribution in [0, 0.1) is 5.92 Å². The molecule has 1 aromatic heterocycles. The summed E-state index contributed by atoms with van der Waals surface area (Å²) in [6.07, 6.45) is 6.38. The minimum atomic E-state index is -0.956. The van der Waals surface area contributed by atoms with Gasteiger partial charge in [-0.25, -0.2) is 4.79 Å². The van der Waals surface area contributed by atoms with Crippen molar-refractivity contribution in [2.75, 3.05) is 13.1 Å². The van der Waals surface area contributed by atoms with E-state index in [9.17, 15) is 9.59 Å². The van der Waals surface area contributed by atoms with Crippen molar-refractivity contribution in [3.8, 4) is 0 Å². The molecular formula is C15H23N3O3. The van der Waals surface area contributed by atoms with Crippen LogP contribution in [0.25, 0.3) is 0 Å². The molecular weight excluding hydrogens is 270 g/mol. The lowest BCUT2D eigenvalue weighted by atomic mass is 9.98. The molecule has 6 nitrogen and oxygen atoms in total. The number of amides is 1. The molecule has 0 aliphatic carbocycles. The molecule has 1 fully saturated rings. The average Bonchev–Trinajstić information content (AvgIpc) is 2.98. The predicted molar refractivity (Wildman–Crippen MR) is 78.1 cm³/mol. The minimum absolute atomic E-state index is 0.130. The van der Waals surface area contributed by atoms with Gasteiger partial charge in [0.15, 0.2) is 0 Å². The molecule has 1 aliphatic heterocycles. The smallest absolute Gasteiger partial charge is 0.338 e. The van der Waals surface area contributed by atoms with Crippen LogP contribution in [0.2, 0.25) is 0 Å². The first-order valence-electron chi connectivity index (χ1n) is 7.63. The molecule has 1 aromatic rings. The van der Waals surface area contributed by atoms with Crippen LogP contribution in [-0.2, 0) is 4.79 Å². The molecule has 1 aliphatic rings. The standard InChI is InChI=1S/C15H23N3O3/c1-3-11(4-2)14(19)17-7-5-13(6-8-17)18-10-12(9-16-18)15(20)21/h9-11,13H,3-8H2,1-2H3,(H,20,21). The highest BCUT2D eigenvalue weighted by atomic mass is 16.4. The summed E-state index contributed by atoms with van der Waals surface area (Å²) in [6, 6.07) is 0.184. The Bertz CT molecular complexity index is 500. The van der Waals surface area contributed by atoms with Gasteiger partial charge in [0.1, 0.15) is 0 Å². The van der Waals surface area contributed by atoms with Gasteiger partial charge in [-0.1, -0.05) is 13.8 Å². The van der Waals surface area contributed by atoms with Crippen LogP contribution in [0.3, 0.4) is 0 Å². The van der Waals surface area contributed by atoms with Crippen molar-refractivity contribution in [2.45, 2.75) is 45.6 Å². The number of piperidine rings is 1. The van der Waals surface area contributed by atoms with Gasteiger partial charge in [-0.15, -0.1) is 0 Å². The zero-order valence-electron chi connectivity index (χ0n) is 12.7. The van der Waals surface area contributed by atoms with Crippen molar-refractivity contribution < 1.29 is 14.7 Å². The monoisotopic (exact) mass is 293 g/mol. The van der Waals surface area contributed by atoms with E-state index in [1.807, 2.05) is 4.90 Å². The van der Waals surface area contributed by atoms with E-state index in [4.69, 9.17) is 5.11 Å². The summed E-state index contributed by atoms with van der Waals surface area (Å²) in [5.74, 6) is -0.572. The van der Waals surface area contributed by atoms with E-state index < -0.39 is 5.97 Å². The van der Waals surface area contributed by atoms with E-state index in [1.165, 1.54) is 6.20 Å². The molecule has 0 aromatic carbocycles. The van der Waals surface area contributed by atoms with Crippen LogP contribution < -0.4 is 0 Å². The third-order valence-electron chi connectivity index (χ3n) is 4.33. The fourth-order valence-corrected chi connectivity index (χ4v) is 2.90. The Kier molecular flexibility index (Phi) is 4.98. The highest BCUT2D eigenvalue weighted by Gasteiger charge is 2.27. The first-order valence-corrected chi connectivity index (χ1v) is 7.63. The molecule has 2 heterocycles.